The maximum Gasteiger partial charge on any atom is 0.319 e. The molecular weight excluding hydrogens is 412 g/mol. The minimum atomic E-state index is -0.354. The van der Waals surface area contributed by atoms with E-state index in [4.69, 9.17) is 9.47 Å². The minimum Gasteiger partial charge on any atom is -0.497 e. The number of methoxy groups -OCH3 is 2. The molecule has 1 aliphatic rings. The summed E-state index contributed by atoms with van der Waals surface area (Å²) < 4.78 is 10.5. The van der Waals surface area contributed by atoms with Crippen molar-refractivity contribution in [3.8, 4) is 11.5 Å². The van der Waals surface area contributed by atoms with E-state index in [-0.39, 0.29) is 30.8 Å². The summed E-state index contributed by atoms with van der Waals surface area (Å²) in [5.74, 6) is 0.863. The number of hydrogen-bond donors (Lipinski definition) is 2. The van der Waals surface area contributed by atoms with Crippen LogP contribution in [0.1, 0.15) is 16.8 Å². The number of rotatable bonds is 7. The smallest absolute Gasteiger partial charge is 0.319 e. The van der Waals surface area contributed by atoms with E-state index >= 15 is 0 Å². The molecule has 9 nitrogen and oxygen atoms in total. The number of hydrogen-bond acceptors (Lipinski definition) is 5. The largest absolute Gasteiger partial charge is 0.497 e. The maximum atomic E-state index is 12.9. The lowest BCUT2D eigenvalue weighted by molar-refractivity contribution is -0.132. The second-order valence-corrected chi connectivity index (χ2v) is 7.24. The number of anilines is 1. The summed E-state index contributed by atoms with van der Waals surface area (Å²) in [6.07, 6.45) is 0.197. The van der Waals surface area contributed by atoms with Crippen molar-refractivity contribution in [1.82, 2.24) is 15.1 Å². The number of urea groups is 1. The van der Waals surface area contributed by atoms with Crippen molar-refractivity contribution >= 4 is 23.5 Å². The predicted octanol–water partition coefficient (Wildman–Crippen LogP) is 2.20. The molecule has 2 aromatic carbocycles. The van der Waals surface area contributed by atoms with Gasteiger partial charge in [-0.05, 0) is 24.3 Å². The molecule has 1 fully saturated rings. The highest BCUT2D eigenvalue weighted by atomic mass is 16.5. The molecular formula is C23H28N4O5. The van der Waals surface area contributed by atoms with Crippen LogP contribution in [0.3, 0.4) is 0 Å². The predicted molar refractivity (Wildman–Crippen MR) is 120 cm³/mol. The van der Waals surface area contributed by atoms with Crippen LogP contribution in [-0.4, -0.2) is 74.6 Å². The molecule has 0 saturated carbocycles. The summed E-state index contributed by atoms with van der Waals surface area (Å²) in [4.78, 5) is 40.7. The molecule has 0 spiro atoms. The highest BCUT2D eigenvalue weighted by Crippen LogP contribution is 2.26. The Morgan fingerprint density at radius 1 is 0.906 bits per heavy atom. The molecule has 170 valence electrons. The van der Waals surface area contributed by atoms with Crippen LogP contribution in [-0.2, 0) is 4.79 Å². The lowest BCUT2D eigenvalue weighted by Gasteiger charge is -2.35. The molecule has 2 N–H and O–H groups in total. The van der Waals surface area contributed by atoms with Crippen LogP contribution in [0.4, 0.5) is 10.5 Å². The van der Waals surface area contributed by atoms with Crippen LogP contribution in [0.5, 0.6) is 11.5 Å². The number of para-hydroxylation sites is 1. The molecule has 1 saturated heterocycles. The van der Waals surface area contributed by atoms with Gasteiger partial charge in [-0.3, -0.25) is 9.59 Å². The Labute approximate surface area is 187 Å². The molecule has 4 amide bonds. The van der Waals surface area contributed by atoms with E-state index in [0.717, 1.165) is 0 Å². The first-order valence-electron chi connectivity index (χ1n) is 10.4. The van der Waals surface area contributed by atoms with Gasteiger partial charge in [0.1, 0.15) is 11.5 Å². The number of carbonyl (C=O) groups excluding carboxylic acids is 3. The summed E-state index contributed by atoms with van der Waals surface area (Å²) in [6, 6.07) is 13.8. The molecule has 0 radical (unpaired) electrons. The van der Waals surface area contributed by atoms with Crippen LogP contribution in [0.2, 0.25) is 0 Å². The number of piperazine rings is 1. The van der Waals surface area contributed by atoms with Gasteiger partial charge in [-0.1, -0.05) is 18.2 Å². The van der Waals surface area contributed by atoms with Gasteiger partial charge in [-0.25, -0.2) is 4.79 Å². The van der Waals surface area contributed by atoms with Gasteiger partial charge in [-0.2, -0.15) is 0 Å². The number of carbonyl (C=O) groups is 3. The topological polar surface area (TPSA) is 100 Å². The second-order valence-electron chi connectivity index (χ2n) is 7.24. The number of benzene rings is 2. The Hall–Kier alpha value is -3.75. The molecule has 1 heterocycles. The monoisotopic (exact) mass is 440 g/mol. The summed E-state index contributed by atoms with van der Waals surface area (Å²) in [6.45, 7) is 1.99. The van der Waals surface area contributed by atoms with Gasteiger partial charge in [0.25, 0.3) is 5.91 Å². The van der Waals surface area contributed by atoms with Crippen molar-refractivity contribution in [3.05, 3.63) is 54.1 Å². The average molecular weight is 441 g/mol. The fourth-order valence-corrected chi connectivity index (χ4v) is 3.44. The van der Waals surface area contributed by atoms with E-state index in [9.17, 15) is 14.4 Å². The lowest BCUT2D eigenvalue weighted by Crippen LogP contribution is -2.51. The molecule has 1 aliphatic heterocycles. The van der Waals surface area contributed by atoms with Crippen molar-refractivity contribution in [1.29, 1.82) is 0 Å². The van der Waals surface area contributed by atoms with Gasteiger partial charge in [0, 0.05) is 50.9 Å². The third kappa shape index (κ3) is 5.90. The minimum absolute atomic E-state index is 0.0564. The van der Waals surface area contributed by atoms with Gasteiger partial charge in [0.15, 0.2) is 0 Å². The zero-order valence-corrected chi connectivity index (χ0v) is 18.3. The first-order chi connectivity index (χ1) is 15.5. The van der Waals surface area contributed by atoms with E-state index in [1.54, 1.807) is 47.2 Å². The van der Waals surface area contributed by atoms with Gasteiger partial charge in [-0.15, -0.1) is 0 Å². The maximum absolute atomic E-state index is 12.9. The average Bonchev–Trinajstić information content (AvgIpc) is 2.83. The summed E-state index contributed by atoms with van der Waals surface area (Å²) in [5, 5.41) is 5.39. The molecule has 0 atom stereocenters. The van der Waals surface area contributed by atoms with E-state index in [2.05, 4.69) is 10.6 Å². The Kier molecular flexibility index (Phi) is 7.91. The lowest BCUT2D eigenvalue weighted by atomic mass is 10.1. The number of amides is 4. The summed E-state index contributed by atoms with van der Waals surface area (Å²) >= 11 is 0. The standard InChI is InChI=1S/C23H28N4O5/c1-31-18-8-9-19(20(16-18)32-2)22(29)27-14-12-26(13-15-27)21(28)10-11-24-23(30)25-17-6-4-3-5-7-17/h3-9,16H,10-15H2,1-2H3,(H2,24,25,30). The third-order valence-corrected chi connectivity index (χ3v) is 5.21. The Bertz CT molecular complexity index is 943. The molecule has 9 heteroatoms. The van der Waals surface area contributed by atoms with Gasteiger partial charge < -0.3 is 29.9 Å². The van der Waals surface area contributed by atoms with Crippen LogP contribution >= 0.6 is 0 Å². The van der Waals surface area contributed by atoms with Crippen LogP contribution in [0.15, 0.2) is 48.5 Å². The molecule has 2 aromatic rings. The zero-order chi connectivity index (χ0) is 22.9. The normalized spacial score (nSPS) is 13.3. The third-order valence-electron chi connectivity index (χ3n) is 5.21. The van der Waals surface area contributed by atoms with Crippen molar-refractivity contribution in [2.24, 2.45) is 0 Å². The fourth-order valence-electron chi connectivity index (χ4n) is 3.44. The molecule has 0 aliphatic carbocycles. The fraction of sp³-hybridized carbons (Fsp3) is 0.348. The molecule has 0 unspecified atom stereocenters. The summed E-state index contributed by atoms with van der Waals surface area (Å²) in [7, 11) is 3.06. The van der Waals surface area contributed by atoms with Gasteiger partial charge >= 0.3 is 6.03 Å². The second kappa shape index (κ2) is 11.0. The Morgan fingerprint density at radius 3 is 2.25 bits per heavy atom. The number of ether oxygens (including phenoxy) is 2. The quantitative estimate of drug-likeness (QED) is 0.688. The van der Waals surface area contributed by atoms with E-state index in [1.165, 1.54) is 7.11 Å². The molecule has 3 rings (SSSR count). The number of nitrogens with one attached hydrogen (secondary N) is 2. The van der Waals surface area contributed by atoms with Crippen molar-refractivity contribution in [2.45, 2.75) is 6.42 Å². The van der Waals surface area contributed by atoms with E-state index < -0.39 is 0 Å². The van der Waals surface area contributed by atoms with Crippen molar-refractivity contribution < 1.29 is 23.9 Å². The highest BCUT2D eigenvalue weighted by Gasteiger charge is 2.26. The first kappa shape index (κ1) is 22.9. The molecule has 32 heavy (non-hydrogen) atoms. The van der Waals surface area contributed by atoms with Gasteiger partial charge in [0.2, 0.25) is 5.91 Å². The Balaban J connectivity index is 1.43. The molecule has 0 bridgehead atoms. The molecule has 0 aromatic heterocycles. The first-order valence-corrected chi connectivity index (χ1v) is 10.4. The van der Waals surface area contributed by atoms with Crippen LogP contribution < -0.4 is 20.1 Å². The highest BCUT2D eigenvalue weighted by molar-refractivity contribution is 5.97. The van der Waals surface area contributed by atoms with E-state index in [0.29, 0.717) is 48.9 Å². The van der Waals surface area contributed by atoms with Crippen LogP contribution in [0, 0.1) is 0 Å². The SMILES string of the molecule is COc1ccc(C(=O)N2CCN(C(=O)CCNC(=O)Nc3ccccc3)CC2)c(OC)c1. The van der Waals surface area contributed by atoms with Crippen LogP contribution in [0.25, 0.3) is 0 Å². The number of nitrogens with zero attached hydrogens (tertiary/aromatic N) is 2. The zero-order valence-electron chi connectivity index (χ0n) is 18.3. The summed E-state index contributed by atoms with van der Waals surface area (Å²) in [5.41, 5.74) is 1.15. The van der Waals surface area contributed by atoms with Gasteiger partial charge in [0.05, 0.1) is 19.8 Å². The Morgan fingerprint density at radius 2 is 1.59 bits per heavy atom. The van der Waals surface area contributed by atoms with Crippen molar-refractivity contribution in [2.75, 3.05) is 52.3 Å². The van der Waals surface area contributed by atoms with Crippen molar-refractivity contribution in [3.63, 3.8) is 0 Å². The van der Waals surface area contributed by atoms with E-state index in [1.807, 2.05) is 18.2 Å².